The summed E-state index contributed by atoms with van der Waals surface area (Å²) in [7, 11) is 0. The van der Waals surface area contributed by atoms with E-state index in [-0.39, 0.29) is 5.57 Å². The Morgan fingerprint density at radius 2 is 1.88 bits per heavy atom. The fourth-order valence-electron chi connectivity index (χ4n) is 2.77. The van der Waals surface area contributed by atoms with Crippen molar-refractivity contribution in [2.24, 2.45) is 4.99 Å². The maximum Gasteiger partial charge on any atom is 0.312 e. The molecular formula is C16H17NO8. The molecule has 5 atom stereocenters. The maximum atomic E-state index is 12.1. The van der Waals surface area contributed by atoms with Crippen molar-refractivity contribution >= 4 is 17.4 Å². The van der Waals surface area contributed by atoms with Crippen molar-refractivity contribution in [3.63, 3.8) is 0 Å². The molecule has 3 rings (SSSR count). The van der Waals surface area contributed by atoms with Crippen LogP contribution in [0.15, 0.2) is 29.3 Å². The van der Waals surface area contributed by atoms with E-state index in [2.05, 4.69) is 4.99 Å². The number of rotatable bonds is 4. The molecule has 0 saturated carbocycles. The molecule has 25 heavy (non-hydrogen) atoms. The fourth-order valence-corrected chi connectivity index (χ4v) is 2.77. The average Bonchev–Trinajstić information content (AvgIpc) is 2.91. The number of carbonyl (C=O) groups is 2. The predicted molar refractivity (Wildman–Crippen MR) is 80.1 cm³/mol. The molecule has 9 nitrogen and oxygen atoms in total. The van der Waals surface area contributed by atoms with E-state index in [4.69, 9.17) is 14.6 Å². The van der Waals surface area contributed by atoms with Crippen LogP contribution in [-0.2, 0) is 19.1 Å². The van der Waals surface area contributed by atoms with Gasteiger partial charge < -0.3 is 29.9 Å². The van der Waals surface area contributed by atoms with Gasteiger partial charge in [-0.25, -0.2) is 4.99 Å². The van der Waals surface area contributed by atoms with Crippen LogP contribution in [0.4, 0.5) is 0 Å². The van der Waals surface area contributed by atoms with Gasteiger partial charge >= 0.3 is 5.97 Å². The van der Waals surface area contributed by atoms with Gasteiger partial charge in [0.2, 0.25) is 6.29 Å². The van der Waals surface area contributed by atoms with Crippen molar-refractivity contribution in [3.05, 3.63) is 34.8 Å². The average molecular weight is 351 g/mol. The number of ether oxygens (including phenoxy) is 2. The Labute approximate surface area is 141 Å². The summed E-state index contributed by atoms with van der Waals surface area (Å²) >= 11 is 0. The monoisotopic (exact) mass is 351 g/mol. The lowest BCUT2D eigenvalue weighted by molar-refractivity contribution is -0.292. The van der Waals surface area contributed by atoms with Crippen LogP contribution in [0.3, 0.4) is 0 Å². The number of fused-ring (bicyclic) bond motifs is 1. The van der Waals surface area contributed by atoms with Gasteiger partial charge in [0, 0.05) is 10.8 Å². The van der Waals surface area contributed by atoms with Crippen molar-refractivity contribution in [2.45, 2.75) is 37.1 Å². The zero-order valence-corrected chi connectivity index (χ0v) is 13.0. The van der Waals surface area contributed by atoms with E-state index in [0.29, 0.717) is 10.6 Å². The Kier molecular flexibility index (Phi) is 4.93. The quantitative estimate of drug-likeness (QED) is 0.413. The molecule has 0 bridgehead atoms. The van der Waals surface area contributed by atoms with Crippen LogP contribution in [0, 0.1) is 0 Å². The van der Waals surface area contributed by atoms with Gasteiger partial charge in [0.25, 0.3) is 5.91 Å². The predicted octanol–water partition coefficient (Wildman–Crippen LogP) is -3.27. The van der Waals surface area contributed by atoms with Crippen molar-refractivity contribution in [3.8, 4) is 0 Å². The number of esters is 1. The first-order valence-corrected chi connectivity index (χ1v) is 7.63. The number of hydrogen-bond acceptors (Lipinski definition) is 8. The standard InChI is InChI=1S/C16H17NO8/c18-6-10-12(20)13(21)14(22)16(24-10)25-11(19)5-8-7-3-1-2-4-9(7)17-15(8)23/h1-4,10,12-14,16,18,20-22H,5-6H2/t10-,12-,13+,14-,16+/m1/s1. The van der Waals surface area contributed by atoms with Crippen molar-refractivity contribution in [2.75, 3.05) is 6.61 Å². The third kappa shape index (κ3) is 3.32. The van der Waals surface area contributed by atoms with Gasteiger partial charge in [-0.15, -0.1) is 0 Å². The van der Waals surface area contributed by atoms with Crippen LogP contribution in [-0.4, -0.2) is 69.6 Å². The molecule has 1 aromatic rings. The highest BCUT2D eigenvalue weighted by Crippen LogP contribution is 2.22. The first-order chi connectivity index (χ1) is 11.9. The zero-order valence-electron chi connectivity index (χ0n) is 13.0. The number of aliphatic hydroxyl groups is 4. The molecule has 0 aliphatic carbocycles. The van der Waals surface area contributed by atoms with Gasteiger partial charge in [0.15, 0.2) is 0 Å². The highest BCUT2D eigenvalue weighted by atomic mass is 16.7. The molecule has 1 fully saturated rings. The lowest BCUT2D eigenvalue weighted by Gasteiger charge is -2.39. The molecule has 2 aliphatic heterocycles. The van der Waals surface area contributed by atoms with Crippen molar-refractivity contribution in [1.82, 2.24) is 0 Å². The largest absolute Gasteiger partial charge is 0.432 e. The molecule has 1 amide bonds. The Morgan fingerprint density at radius 1 is 1.16 bits per heavy atom. The van der Waals surface area contributed by atoms with Gasteiger partial charge in [0.05, 0.1) is 18.4 Å². The SMILES string of the molecule is O=C(CC1=c2ccccc2=NC1=O)O[C@@H]1O[C@H](CO)[C@@H](O)[C@H](O)[C@H]1O. The van der Waals surface area contributed by atoms with E-state index in [1.54, 1.807) is 24.3 Å². The van der Waals surface area contributed by atoms with E-state index >= 15 is 0 Å². The number of nitrogens with zero attached hydrogens (tertiary/aromatic N) is 1. The molecule has 0 aromatic heterocycles. The van der Waals surface area contributed by atoms with Gasteiger partial charge in [0.1, 0.15) is 24.4 Å². The van der Waals surface area contributed by atoms with Gasteiger partial charge in [-0.2, -0.15) is 0 Å². The van der Waals surface area contributed by atoms with Gasteiger partial charge in [-0.05, 0) is 6.07 Å². The molecule has 9 heteroatoms. The topological polar surface area (TPSA) is 146 Å². The maximum absolute atomic E-state index is 12.1. The molecular weight excluding hydrogens is 334 g/mol. The third-order valence-corrected chi connectivity index (χ3v) is 4.13. The van der Waals surface area contributed by atoms with Crippen LogP contribution >= 0.6 is 0 Å². The smallest absolute Gasteiger partial charge is 0.312 e. The normalized spacial score (nSPS) is 31.4. The number of para-hydroxylation sites is 1. The minimum absolute atomic E-state index is 0.158. The fraction of sp³-hybridized carbons (Fsp3) is 0.438. The summed E-state index contributed by atoms with van der Waals surface area (Å²) < 4.78 is 10.1. The van der Waals surface area contributed by atoms with E-state index in [9.17, 15) is 24.9 Å². The zero-order chi connectivity index (χ0) is 18.1. The van der Waals surface area contributed by atoms with Gasteiger partial charge in [-0.1, -0.05) is 18.2 Å². The Hall–Kier alpha value is -2.17. The van der Waals surface area contributed by atoms with Crippen LogP contribution < -0.4 is 10.6 Å². The molecule has 1 aromatic carbocycles. The summed E-state index contributed by atoms with van der Waals surface area (Å²) in [4.78, 5) is 27.9. The molecule has 4 N–H and O–H groups in total. The number of aliphatic hydroxyl groups excluding tert-OH is 4. The first-order valence-electron chi connectivity index (χ1n) is 7.63. The van der Waals surface area contributed by atoms with E-state index in [1.807, 2.05) is 0 Å². The van der Waals surface area contributed by atoms with Crippen LogP contribution in [0.25, 0.3) is 5.57 Å². The molecule has 0 unspecified atom stereocenters. The van der Waals surface area contributed by atoms with Crippen molar-refractivity contribution in [1.29, 1.82) is 0 Å². The molecule has 134 valence electrons. The highest BCUT2D eigenvalue weighted by molar-refractivity contribution is 6.18. The second kappa shape index (κ2) is 6.98. The lowest BCUT2D eigenvalue weighted by Crippen LogP contribution is -2.59. The molecule has 0 spiro atoms. The second-order valence-electron chi connectivity index (χ2n) is 5.78. The number of carbonyl (C=O) groups excluding carboxylic acids is 2. The summed E-state index contributed by atoms with van der Waals surface area (Å²) in [6.07, 6.45) is -8.05. The second-order valence-corrected chi connectivity index (χ2v) is 5.78. The van der Waals surface area contributed by atoms with Crippen molar-refractivity contribution < 1.29 is 39.5 Å². The number of hydrogen-bond donors (Lipinski definition) is 4. The molecule has 0 radical (unpaired) electrons. The third-order valence-electron chi connectivity index (χ3n) is 4.13. The summed E-state index contributed by atoms with van der Waals surface area (Å²) in [5, 5.41) is 39.3. The number of amides is 1. The Bertz CT molecular complexity index is 805. The van der Waals surface area contributed by atoms with Gasteiger partial charge in [-0.3, -0.25) is 9.59 Å². The van der Waals surface area contributed by atoms with Crippen LogP contribution in [0.2, 0.25) is 0 Å². The summed E-state index contributed by atoms with van der Waals surface area (Å²) in [6, 6.07) is 6.71. The Morgan fingerprint density at radius 3 is 2.60 bits per heavy atom. The summed E-state index contributed by atoms with van der Waals surface area (Å²) in [5.74, 6) is -1.42. The first kappa shape index (κ1) is 17.6. The minimum Gasteiger partial charge on any atom is -0.432 e. The number of benzene rings is 1. The molecule has 1 saturated heterocycles. The molecule has 2 heterocycles. The van der Waals surface area contributed by atoms with E-state index in [1.165, 1.54) is 0 Å². The molecule has 2 aliphatic rings. The minimum atomic E-state index is -1.69. The van der Waals surface area contributed by atoms with E-state index in [0.717, 1.165) is 0 Å². The van der Waals surface area contributed by atoms with Crippen LogP contribution in [0.5, 0.6) is 0 Å². The lowest BCUT2D eigenvalue weighted by atomic mass is 9.99. The van der Waals surface area contributed by atoms with Crippen LogP contribution in [0.1, 0.15) is 6.42 Å². The summed E-state index contributed by atoms with van der Waals surface area (Å²) in [5.41, 5.74) is 0.158. The Balaban J connectivity index is 1.73. The summed E-state index contributed by atoms with van der Waals surface area (Å²) in [6.45, 7) is -0.638. The highest BCUT2D eigenvalue weighted by Gasteiger charge is 2.45. The van der Waals surface area contributed by atoms with E-state index < -0.39 is 55.6 Å².